The van der Waals surface area contributed by atoms with Gasteiger partial charge in [0.25, 0.3) is 0 Å². The minimum Gasteiger partial charge on any atom is -0.312 e. The van der Waals surface area contributed by atoms with E-state index in [0.29, 0.717) is 10.7 Å². The van der Waals surface area contributed by atoms with Crippen LogP contribution in [0.3, 0.4) is 0 Å². The maximum atomic E-state index is 12.1. The molecule has 2 amide bonds. The van der Waals surface area contributed by atoms with Crippen molar-refractivity contribution in [3.8, 4) is 0 Å². The number of amides is 2. The molecule has 0 spiro atoms. The Morgan fingerprint density at radius 3 is 2.71 bits per heavy atom. The van der Waals surface area contributed by atoms with Gasteiger partial charge in [0.2, 0.25) is 0 Å². The highest BCUT2D eigenvalue weighted by atomic mass is 35.5. The highest BCUT2D eigenvalue weighted by Crippen LogP contribution is 2.23. The number of hydrogen-bond acceptors (Lipinski definition) is 2. The van der Waals surface area contributed by atoms with E-state index in [4.69, 9.17) is 11.6 Å². The van der Waals surface area contributed by atoms with Crippen molar-refractivity contribution < 1.29 is 4.79 Å². The van der Waals surface area contributed by atoms with Crippen LogP contribution in [0.2, 0.25) is 5.02 Å². The van der Waals surface area contributed by atoms with E-state index in [1.807, 2.05) is 12.1 Å². The molecule has 108 valence electrons. The molecule has 1 heterocycles. The molecule has 0 saturated carbocycles. The minimum absolute atomic E-state index is 0.253. The van der Waals surface area contributed by atoms with Crippen LogP contribution < -0.4 is 16.0 Å². The largest absolute Gasteiger partial charge is 0.323 e. The molecule has 5 heteroatoms. The van der Waals surface area contributed by atoms with Gasteiger partial charge in [0, 0.05) is 22.9 Å². The van der Waals surface area contributed by atoms with E-state index in [1.165, 1.54) is 5.56 Å². The predicted molar refractivity (Wildman–Crippen MR) is 85.9 cm³/mol. The number of fused-ring (bicyclic) bond motifs is 1. The Morgan fingerprint density at radius 1 is 1.10 bits per heavy atom. The van der Waals surface area contributed by atoms with Crippen LogP contribution in [0.1, 0.15) is 11.1 Å². The van der Waals surface area contributed by atoms with E-state index in [0.717, 1.165) is 30.8 Å². The molecular weight excluding hydrogens is 286 g/mol. The van der Waals surface area contributed by atoms with Gasteiger partial charge in [0.15, 0.2) is 0 Å². The van der Waals surface area contributed by atoms with Gasteiger partial charge in [-0.1, -0.05) is 23.7 Å². The maximum absolute atomic E-state index is 12.1. The summed E-state index contributed by atoms with van der Waals surface area (Å²) in [4.78, 5) is 12.1. The van der Waals surface area contributed by atoms with Crippen LogP contribution in [0, 0.1) is 0 Å². The van der Waals surface area contributed by atoms with Crippen LogP contribution >= 0.6 is 11.6 Å². The van der Waals surface area contributed by atoms with Gasteiger partial charge in [-0.3, -0.25) is 0 Å². The zero-order valence-electron chi connectivity index (χ0n) is 11.4. The maximum Gasteiger partial charge on any atom is 0.323 e. The Labute approximate surface area is 128 Å². The number of nitrogens with one attached hydrogen (secondary N) is 3. The molecule has 0 aromatic heterocycles. The van der Waals surface area contributed by atoms with Gasteiger partial charge < -0.3 is 16.0 Å². The van der Waals surface area contributed by atoms with E-state index in [1.54, 1.807) is 24.3 Å². The highest BCUT2D eigenvalue weighted by molar-refractivity contribution is 6.30. The van der Waals surface area contributed by atoms with Crippen molar-refractivity contribution in [2.45, 2.75) is 13.0 Å². The summed E-state index contributed by atoms with van der Waals surface area (Å²) in [5.41, 5.74) is 4.01. The predicted octanol–water partition coefficient (Wildman–Crippen LogP) is 3.63. The van der Waals surface area contributed by atoms with Gasteiger partial charge in [-0.25, -0.2) is 4.79 Å². The van der Waals surface area contributed by atoms with Crippen LogP contribution in [-0.4, -0.2) is 12.6 Å². The van der Waals surface area contributed by atoms with Gasteiger partial charge in [-0.15, -0.1) is 0 Å². The molecule has 0 aliphatic carbocycles. The minimum atomic E-state index is -0.253. The van der Waals surface area contributed by atoms with Gasteiger partial charge in [-0.05, 0) is 54.4 Å². The average molecular weight is 302 g/mol. The number of carbonyl (C=O) groups is 1. The topological polar surface area (TPSA) is 53.2 Å². The molecular formula is C16H16ClN3O. The number of urea groups is 1. The molecule has 21 heavy (non-hydrogen) atoms. The Balaban J connectivity index is 1.71. The molecule has 3 N–H and O–H groups in total. The molecule has 0 fully saturated rings. The summed E-state index contributed by atoms with van der Waals surface area (Å²) < 4.78 is 0. The smallest absolute Gasteiger partial charge is 0.312 e. The Kier molecular flexibility index (Phi) is 4.08. The SMILES string of the molecule is O=C(Nc1ccc(Cl)cc1)Nc1cccc2c1CNCC2. The lowest BCUT2D eigenvalue weighted by molar-refractivity contribution is 0.262. The summed E-state index contributed by atoms with van der Waals surface area (Å²) in [7, 11) is 0. The van der Waals surface area contributed by atoms with E-state index in [-0.39, 0.29) is 6.03 Å². The quantitative estimate of drug-likeness (QED) is 0.793. The lowest BCUT2D eigenvalue weighted by Crippen LogP contribution is -2.26. The molecule has 2 aromatic rings. The van der Waals surface area contributed by atoms with Crippen molar-refractivity contribution in [1.82, 2.24) is 5.32 Å². The zero-order chi connectivity index (χ0) is 14.7. The second kappa shape index (κ2) is 6.16. The summed E-state index contributed by atoms with van der Waals surface area (Å²) in [6.07, 6.45) is 0.990. The second-order valence-corrected chi connectivity index (χ2v) is 5.39. The summed E-state index contributed by atoms with van der Waals surface area (Å²) in [5.74, 6) is 0. The van der Waals surface area contributed by atoms with Crippen molar-refractivity contribution in [2.24, 2.45) is 0 Å². The molecule has 0 atom stereocenters. The zero-order valence-corrected chi connectivity index (χ0v) is 12.2. The third kappa shape index (κ3) is 3.35. The fraction of sp³-hybridized carbons (Fsp3) is 0.188. The number of hydrogen-bond donors (Lipinski definition) is 3. The highest BCUT2D eigenvalue weighted by Gasteiger charge is 2.13. The summed E-state index contributed by atoms with van der Waals surface area (Å²) in [6.45, 7) is 1.76. The van der Waals surface area contributed by atoms with E-state index < -0.39 is 0 Å². The fourth-order valence-electron chi connectivity index (χ4n) is 2.45. The Bertz CT molecular complexity index is 655. The molecule has 0 radical (unpaired) electrons. The van der Waals surface area contributed by atoms with E-state index in [9.17, 15) is 4.79 Å². The van der Waals surface area contributed by atoms with Crippen molar-refractivity contribution in [2.75, 3.05) is 17.2 Å². The van der Waals surface area contributed by atoms with Crippen LogP contribution in [0.4, 0.5) is 16.2 Å². The first-order chi connectivity index (χ1) is 10.2. The Morgan fingerprint density at radius 2 is 1.90 bits per heavy atom. The lowest BCUT2D eigenvalue weighted by Gasteiger charge is -2.20. The van der Waals surface area contributed by atoms with Gasteiger partial charge in [0.1, 0.15) is 0 Å². The normalized spacial score (nSPS) is 13.4. The van der Waals surface area contributed by atoms with Gasteiger partial charge >= 0.3 is 6.03 Å². The molecule has 1 aliphatic heterocycles. The van der Waals surface area contributed by atoms with Crippen molar-refractivity contribution in [1.29, 1.82) is 0 Å². The molecule has 0 unspecified atom stereocenters. The first kappa shape index (κ1) is 13.9. The lowest BCUT2D eigenvalue weighted by atomic mass is 9.99. The van der Waals surface area contributed by atoms with Crippen LogP contribution in [0.25, 0.3) is 0 Å². The van der Waals surface area contributed by atoms with Crippen molar-refractivity contribution in [3.63, 3.8) is 0 Å². The fourth-order valence-corrected chi connectivity index (χ4v) is 2.58. The molecule has 1 aliphatic rings. The van der Waals surface area contributed by atoms with Crippen LogP contribution in [-0.2, 0) is 13.0 Å². The second-order valence-electron chi connectivity index (χ2n) is 4.96. The summed E-state index contributed by atoms with van der Waals surface area (Å²) >= 11 is 5.82. The monoisotopic (exact) mass is 301 g/mol. The van der Waals surface area contributed by atoms with Crippen LogP contribution in [0.15, 0.2) is 42.5 Å². The number of halogens is 1. The molecule has 3 rings (SSSR count). The third-order valence-corrected chi connectivity index (χ3v) is 3.75. The summed E-state index contributed by atoms with van der Waals surface area (Å²) in [5, 5.41) is 9.67. The van der Waals surface area contributed by atoms with Crippen molar-refractivity contribution >= 4 is 29.0 Å². The van der Waals surface area contributed by atoms with Gasteiger partial charge in [-0.2, -0.15) is 0 Å². The molecule has 2 aromatic carbocycles. The Hall–Kier alpha value is -2.04. The first-order valence-electron chi connectivity index (χ1n) is 6.87. The van der Waals surface area contributed by atoms with Crippen molar-refractivity contribution in [3.05, 3.63) is 58.6 Å². The standard InChI is InChI=1S/C16H16ClN3O/c17-12-4-6-13(7-5-12)19-16(21)20-15-3-1-2-11-8-9-18-10-14(11)15/h1-7,18H,8-10H2,(H2,19,20,21). The van der Waals surface area contributed by atoms with E-state index >= 15 is 0 Å². The number of benzene rings is 2. The van der Waals surface area contributed by atoms with E-state index in [2.05, 4.69) is 22.0 Å². The average Bonchev–Trinajstić information content (AvgIpc) is 2.50. The number of carbonyl (C=O) groups excluding carboxylic acids is 1. The third-order valence-electron chi connectivity index (χ3n) is 3.50. The van der Waals surface area contributed by atoms with Gasteiger partial charge in [0.05, 0.1) is 0 Å². The molecule has 0 bridgehead atoms. The molecule has 4 nitrogen and oxygen atoms in total. The van der Waals surface area contributed by atoms with Crippen LogP contribution in [0.5, 0.6) is 0 Å². The number of anilines is 2. The first-order valence-corrected chi connectivity index (χ1v) is 7.25. The molecule has 0 saturated heterocycles. The summed E-state index contributed by atoms with van der Waals surface area (Å²) in [6, 6.07) is 12.8. The number of rotatable bonds is 2.